The molecule has 0 saturated carbocycles. The Labute approximate surface area is 95.0 Å². The third-order valence-electron chi connectivity index (χ3n) is 2.92. The van der Waals surface area contributed by atoms with Crippen molar-refractivity contribution in [3.63, 3.8) is 0 Å². The lowest BCUT2D eigenvalue weighted by atomic mass is 10.1. The first-order valence-corrected chi connectivity index (χ1v) is 6.23. The number of hydrogen-bond donors (Lipinski definition) is 1. The Morgan fingerprint density at radius 1 is 1.13 bits per heavy atom. The molecule has 0 radical (unpaired) electrons. The fourth-order valence-corrected chi connectivity index (χ4v) is 2.01. The molecule has 0 aliphatic rings. The van der Waals surface area contributed by atoms with Gasteiger partial charge in [-0.1, -0.05) is 13.8 Å². The lowest BCUT2D eigenvalue weighted by molar-refractivity contribution is 0.163. The van der Waals surface area contributed by atoms with Crippen molar-refractivity contribution in [1.82, 2.24) is 4.90 Å². The second-order valence-corrected chi connectivity index (χ2v) is 3.99. The van der Waals surface area contributed by atoms with E-state index in [0.29, 0.717) is 6.04 Å². The first-order valence-electron chi connectivity index (χ1n) is 6.23. The van der Waals surface area contributed by atoms with Crippen LogP contribution in [0.3, 0.4) is 0 Å². The van der Waals surface area contributed by atoms with Crippen LogP contribution in [0.25, 0.3) is 0 Å². The van der Waals surface area contributed by atoms with Crippen LogP contribution in [0, 0.1) is 0 Å². The minimum absolute atomic E-state index is 0.705. The molecule has 0 aliphatic carbocycles. The summed E-state index contributed by atoms with van der Waals surface area (Å²) in [4.78, 5) is 2.52. The van der Waals surface area contributed by atoms with Crippen LogP contribution in [0.1, 0.15) is 39.5 Å². The Morgan fingerprint density at radius 3 is 2.27 bits per heavy atom. The second-order valence-electron chi connectivity index (χ2n) is 3.99. The molecule has 0 amide bonds. The van der Waals surface area contributed by atoms with E-state index in [2.05, 4.69) is 18.7 Å². The topological polar surface area (TPSA) is 38.5 Å². The fourth-order valence-electron chi connectivity index (χ4n) is 2.01. The van der Waals surface area contributed by atoms with E-state index in [9.17, 15) is 0 Å². The summed E-state index contributed by atoms with van der Waals surface area (Å²) in [7, 11) is 1.76. The largest absolute Gasteiger partial charge is 0.385 e. The van der Waals surface area contributed by atoms with E-state index in [1.165, 1.54) is 19.3 Å². The summed E-state index contributed by atoms with van der Waals surface area (Å²) in [6.07, 6.45) is 4.81. The van der Waals surface area contributed by atoms with Crippen LogP contribution in [0.15, 0.2) is 0 Å². The van der Waals surface area contributed by atoms with Crippen molar-refractivity contribution in [1.29, 1.82) is 0 Å². The van der Waals surface area contributed by atoms with Gasteiger partial charge in [0.2, 0.25) is 0 Å². The molecule has 3 heteroatoms. The molecule has 0 aromatic rings. The zero-order valence-corrected chi connectivity index (χ0v) is 10.7. The molecular weight excluding hydrogens is 188 g/mol. The minimum Gasteiger partial charge on any atom is -0.385 e. The maximum atomic E-state index is 5.64. The van der Waals surface area contributed by atoms with Gasteiger partial charge >= 0.3 is 0 Å². The van der Waals surface area contributed by atoms with Gasteiger partial charge in [0.05, 0.1) is 0 Å². The van der Waals surface area contributed by atoms with Crippen LogP contribution in [0.2, 0.25) is 0 Å². The molecule has 0 unspecified atom stereocenters. The summed E-state index contributed by atoms with van der Waals surface area (Å²) >= 11 is 0. The normalized spacial score (nSPS) is 11.6. The fraction of sp³-hybridized carbons (Fsp3) is 1.00. The van der Waals surface area contributed by atoms with Gasteiger partial charge in [0.15, 0.2) is 0 Å². The molecule has 0 rings (SSSR count). The highest BCUT2D eigenvalue weighted by molar-refractivity contribution is 4.69. The van der Waals surface area contributed by atoms with Crippen LogP contribution >= 0.6 is 0 Å². The van der Waals surface area contributed by atoms with E-state index >= 15 is 0 Å². The molecule has 0 spiro atoms. The quantitative estimate of drug-likeness (QED) is 0.567. The summed E-state index contributed by atoms with van der Waals surface area (Å²) in [6.45, 7) is 8.34. The van der Waals surface area contributed by atoms with E-state index < -0.39 is 0 Å². The molecule has 0 aliphatic heterocycles. The third kappa shape index (κ3) is 6.88. The monoisotopic (exact) mass is 216 g/mol. The van der Waals surface area contributed by atoms with E-state index in [0.717, 1.165) is 32.7 Å². The maximum absolute atomic E-state index is 5.64. The standard InChI is InChI=1S/C12H28N2O/c1-4-12(5-2)14(10-8-13)9-6-7-11-15-3/h12H,4-11,13H2,1-3H3. The summed E-state index contributed by atoms with van der Waals surface area (Å²) in [5.74, 6) is 0. The number of methoxy groups -OCH3 is 1. The molecule has 0 bridgehead atoms. The Balaban J connectivity index is 3.80. The Hall–Kier alpha value is -0.120. The van der Waals surface area contributed by atoms with Gasteiger partial charge in [0.1, 0.15) is 0 Å². The Bertz CT molecular complexity index is 127. The van der Waals surface area contributed by atoms with Crippen molar-refractivity contribution < 1.29 is 4.74 Å². The van der Waals surface area contributed by atoms with Crippen LogP contribution in [-0.2, 0) is 4.74 Å². The Kier molecular flexibility index (Phi) is 10.3. The summed E-state index contributed by atoms with van der Waals surface area (Å²) < 4.78 is 5.05. The average molecular weight is 216 g/mol. The second kappa shape index (κ2) is 10.4. The van der Waals surface area contributed by atoms with E-state index in [1.807, 2.05) is 0 Å². The zero-order chi connectivity index (χ0) is 11.5. The highest BCUT2D eigenvalue weighted by Gasteiger charge is 2.13. The number of unbranched alkanes of at least 4 members (excludes halogenated alkanes) is 1. The van der Waals surface area contributed by atoms with Gasteiger partial charge in [-0.3, -0.25) is 4.90 Å². The summed E-state index contributed by atoms with van der Waals surface area (Å²) in [6, 6.07) is 0.705. The van der Waals surface area contributed by atoms with Crippen LogP contribution in [0.4, 0.5) is 0 Å². The van der Waals surface area contributed by atoms with Crippen LogP contribution in [-0.4, -0.2) is 44.3 Å². The smallest absolute Gasteiger partial charge is 0.0462 e. The summed E-state index contributed by atoms with van der Waals surface area (Å²) in [5.41, 5.74) is 5.64. The van der Waals surface area contributed by atoms with E-state index in [1.54, 1.807) is 7.11 Å². The SMILES string of the molecule is CCC(CC)N(CCN)CCCCOC. The maximum Gasteiger partial charge on any atom is 0.0462 e. The highest BCUT2D eigenvalue weighted by Crippen LogP contribution is 2.09. The van der Waals surface area contributed by atoms with Gasteiger partial charge in [-0.15, -0.1) is 0 Å². The molecule has 92 valence electrons. The molecule has 0 heterocycles. The first-order chi connectivity index (χ1) is 7.29. The average Bonchev–Trinajstić information content (AvgIpc) is 2.26. The number of nitrogens with zero attached hydrogens (tertiary/aromatic N) is 1. The van der Waals surface area contributed by atoms with Gasteiger partial charge in [-0.25, -0.2) is 0 Å². The molecular formula is C12H28N2O. The van der Waals surface area contributed by atoms with E-state index in [-0.39, 0.29) is 0 Å². The lowest BCUT2D eigenvalue weighted by Gasteiger charge is -2.29. The minimum atomic E-state index is 0.705. The van der Waals surface area contributed by atoms with Gasteiger partial charge in [-0.2, -0.15) is 0 Å². The summed E-state index contributed by atoms with van der Waals surface area (Å²) in [5, 5.41) is 0. The van der Waals surface area contributed by atoms with Crippen LogP contribution in [0.5, 0.6) is 0 Å². The molecule has 0 atom stereocenters. The predicted octanol–water partition coefficient (Wildman–Crippen LogP) is 1.86. The molecule has 0 fully saturated rings. The molecule has 2 N–H and O–H groups in total. The molecule has 15 heavy (non-hydrogen) atoms. The predicted molar refractivity (Wildman–Crippen MR) is 66.1 cm³/mol. The highest BCUT2D eigenvalue weighted by atomic mass is 16.5. The first kappa shape index (κ1) is 14.9. The number of nitrogens with two attached hydrogens (primary N) is 1. The van der Waals surface area contributed by atoms with Crippen molar-refractivity contribution >= 4 is 0 Å². The van der Waals surface area contributed by atoms with Crippen molar-refractivity contribution in [2.24, 2.45) is 5.73 Å². The lowest BCUT2D eigenvalue weighted by Crippen LogP contribution is -2.38. The van der Waals surface area contributed by atoms with E-state index in [4.69, 9.17) is 10.5 Å². The van der Waals surface area contributed by atoms with Gasteiger partial charge in [0, 0.05) is 32.8 Å². The van der Waals surface area contributed by atoms with Crippen molar-refractivity contribution in [2.45, 2.75) is 45.6 Å². The molecule has 0 saturated heterocycles. The van der Waals surface area contributed by atoms with Crippen molar-refractivity contribution in [3.05, 3.63) is 0 Å². The van der Waals surface area contributed by atoms with Crippen molar-refractivity contribution in [3.8, 4) is 0 Å². The molecule has 0 aromatic heterocycles. The Morgan fingerprint density at radius 2 is 1.80 bits per heavy atom. The van der Waals surface area contributed by atoms with Crippen molar-refractivity contribution in [2.75, 3.05) is 33.4 Å². The van der Waals surface area contributed by atoms with Gasteiger partial charge in [-0.05, 0) is 32.2 Å². The number of ether oxygens (including phenoxy) is 1. The zero-order valence-electron chi connectivity index (χ0n) is 10.7. The van der Waals surface area contributed by atoms with Crippen LogP contribution < -0.4 is 5.73 Å². The number of rotatable bonds is 10. The molecule has 3 nitrogen and oxygen atoms in total. The number of hydrogen-bond acceptors (Lipinski definition) is 3. The van der Waals surface area contributed by atoms with Gasteiger partial charge in [0.25, 0.3) is 0 Å². The third-order valence-corrected chi connectivity index (χ3v) is 2.92. The molecule has 0 aromatic carbocycles. The van der Waals surface area contributed by atoms with Gasteiger partial charge < -0.3 is 10.5 Å².